The Balaban J connectivity index is 2.31. The van der Waals surface area contributed by atoms with Crippen molar-refractivity contribution in [3.63, 3.8) is 0 Å². The SMILES string of the molecule is O=C(O)c1cc(S(=O)(=O)N2CCCC2)c[nH]1. The van der Waals surface area contributed by atoms with Gasteiger partial charge in [-0.2, -0.15) is 4.31 Å². The molecule has 1 aliphatic rings. The number of carbonyl (C=O) groups is 1. The van der Waals surface area contributed by atoms with Gasteiger partial charge in [-0.15, -0.1) is 0 Å². The Kier molecular flexibility index (Phi) is 2.73. The number of H-pyrrole nitrogens is 1. The molecule has 0 unspecified atom stereocenters. The lowest BCUT2D eigenvalue weighted by Crippen LogP contribution is -2.27. The molecule has 1 aromatic rings. The summed E-state index contributed by atoms with van der Waals surface area (Å²) in [7, 11) is -3.51. The molecular formula is C9H12N2O4S. The van der Waals surface area contributed by atoms with E-state index in [4.69, 9.17) is 5.11 Å². The van der Waals surface area contributed by atoms with Crippen LogP contribution in [0.2, 0.25) is 0 Å². The third-order valence-corrected chi connectivity index (χ3v) is 4.47. The van der Waals surface area contributed by atoms with Crippen LogP contribution in [-0.4, -0.2) is 41.9 Å². The molecule has 0 bridgehead atoms. The van der Waals surface area contributed by atoms with Gasteiger partial charge in [-0.3, -0.25) is 0 Å². The maximum Gasteiger partial charge on any atom is 0.352 e. The highest BCUT2D eigenvalue weighted by molar-refractivity contribution is 7.89. The highest BCUT2D eigenvalue weighted by Crippen LogP contribution is 2.21. The highest BCUT2D eigenvalue weighted by atomic mass is 32.2. The predicted octanol–water partition coefficient (Wildman–Crippen LogP) is 0.497. The molecule has 88 valence electrons. The summed E-state index contributed by atoms with van der Waals surface area (Å²) >= 11 is 0. The number of aromatic amines is 1. The van der Waals surface area contributed by atoms with E-state index in [0.29, 0.717) is 13.1 Å². The summed E-state index contributed by atoms with van der Waals surface area (Å²) in [5, 5.41) is 8.69. The van der Waals surface area contributed by atoms with E-state index >= 15 is 0 Å². The van der Waals surface area contributed by atoms with E-state index in [-0.39, 0.29) is 10.6 Å². The van der Waals surface area contributed by atoms with Crippen LogP contribution in [-0.2, 0) is 10.0 Å². The number of rotatable bonds is 3. The molecular weight excluding hydrogens is 232 g/mol. The molecule has 2 heterocycles. The van der Waals surface area contributed by atoms with Gasteiger partial charge in [0.15, 0.2) is 0 Å². The molecule has 7 heteroatoms. The van der Waals surface area contributed by atoms with Crippen molar-refractivity contribution >= 4 is 16.0 Å². The summed E-state index contributed by atoms with van der Waals surface area (Å²) in [5.74, 6) is -1.16. The first kappa shape index (κ1) is 11.2. The largest absolute Gasteiger partial charge is 0.477 e. The number of hydrogen-bond donors (Lipinski definition) is 2. The van der Waals surface area contributed by atoms with E-state index in [9.17, 15) is 13.2 Å². The van der Waals surface area contributed by atoms with E-state index in [1.54, 1.807) is 0 Å². The fourth-order valence-electron chi connectivity index (χ4n) is 1.72. The van der Waals surface area contributed by atoms with Crippen molar-refractivity contribution in [2.24, 2.45) is 0 Å². The zero-order valence-corrected chi connectivity index (χ0v) is 9.33. The minimum Gasteiger partial charge on any atom is -0.477 e. The van der Waals surface area contributed by atoms with Crippen molar-refractivity contribution in [2.75, 3.05) is 13.1 Å². The van der Waals surface area contributed by atoms with Gasteiger partial charge in [-0.25, -0.2) is 13.2 Å². The van der Waals surface area contributed by atoms with Crippen LogP contribution in [0.25, 0.3) is 0 Å². The Morgan fingerprint density at radius 2 is 2.00 bits per heavy atom. The summed E-state index contributed by atoms with van der Waals surface area (Å²) in [5.41, 5.74) is -0.113. The molecule has 0 radical (unpaired) electrons. The first-order chi connectivity index (χ1) is 7.51. The van der Waals surface area contributed by atoms with Crippen LogP contribution >= 0.6 is 0 Å². The first-order valence-electron chi connectivity index (χ1n) is 4.93. The van der Waals surface area contributed by atoms with E-state index in [2.05, 4.69) is 4.98 Å². The maximum absolute atomic E-state index is 12.0. The van der Waals surface area contributed by atoms with Crippen molar-refractivity contribution < 1.29 is 18.3 Å². The summed E-state index contributed by atoms with van der Waals surface area (Å²) < 4.78 is 25.3. The molecule has 0 atom stereocenters. The molecule has 0 saturated carbocycles. The Labute approximate surface area is 92.9 Å². The second-order valence-corrected chi connectivity index (χ2v) is 5.60. The van der Waals surface area contributed by atoms with Gasteiger partial charge in [0.1, 0.15) is 10.6 Å². The summed E-state index contributed by atoms with van der Waals surface area (Å²) in [6.07, 6.45) is 2.93. The van der Waals surface area contributed by atoms with Crippen LogP contribution in [0.15, 0.2) is 17.2 Å². The van der Waals surface area contributed by atoms with Crippen molar-refractivity contribution in [3.8, 4) is 0 Å². The molecule has 1 fully saturated rings. The summed E-state index contributed by atoms with van der Waals surface area (Å²) in [6.45, 7) is 1.02. The zero-order valence-electron chi connectivity index (χ0n) is 8.51. The second kappa shape index (κ2) is 3.91. The van der Waals surface area contributed by atoms with Gasteiger partial charge in [0.25, 0.3) is 0 Å². The number of aromatic nitrogens is 1. The van der Waals surface area contributed by atoms with Crippen LogP contribution in [0.5, 0.6) is 0 Å². The van der Waals surface area contributed by atoms with E-state index in [0.717, 1.165) is 18.9 Å². The van der Waals surface area contributed by atoms with Crippen LogP contribution in [0.3, 0.4) is 0 Å². The van der Waals surface area contributed by atoms with E-state index < -0.39 is 16.0 Å². The van der Waals surface area contributed by atoms with E-state index in [1.807, 2.05) is 0 Å². The average Bonchev–Trinajstić information content (AvgIpc) is 2.90. The van der Waals surface area contributed by atoms with Gasteiger partial charge >= 0.3 is 5.97 Å². The lowest BCUT2D eigenvalue weighted by molar-refractivity contribution is 0.0691. The number of nitrogens with one attached hydrogen (secondary N) is 1. The summed E-state index contributed by atoms with van der Waals surface area (Å²) in [4.78, 5) is 13.1. The lowest BCUT2D eigenvalue weighted by Gasteiger charge is -2.13. The van der Waals surface area contributed by atoms with Gasteiger partial charge in [-0.05, 0) is 18.9 Å². The number of aromatic carboxylic acids is 1. The van der Waals surface area contributed by atoms with E-state index in [1.165, 1.54) is 10.5 Å². The molecule has 0 aliphatic carbocycles. The van der Waals surface area contributed by atoms with Crippen LogP contribution in [0.4, 0.5) is 0 Å². The van der Waals surface area contributed by atoms with Crippen molar-refractivity contribution in [1.29, 1.82) is 0 Å². The normalized spacial score (nSPS) is 17.8. The predicted molar refractivity (Wildman–Crippen MR) is 55.7 cm³/mol. The van der Waals surface area contributed by atoms with Crippen LogP contribution < -0.4 is 0 Å². The molecule has 1 aliphatic heterocycles. The topological polar surface area (TPSA) is 90.5 Å². The Morgan fingerprint density at radius 3 is 2.50 bits per heavy atom. The quantitative estimate of drug-likeness (QED) is 0.810. The Bertz CT molecular complexity index is 499. The molecule has 6 nitrogen and oxygen atoms in total. The average molecular weight is 244 g/mol. The van der Waals surface area contributed by atoms with Crippen molar-refractivity contribution in [2.45, 2.75) is 17.7 Å². The van der Waals surface area contributed by atoms with Gasteiger partial charge < -0.3 is 10.1 Å². The van der Waals surface area contributed by atoms with Crippen LogP contribution in [0, 0.1) is 0 Å². The standard InChI is InChI=1S/C9H12N2O4S/c12-9(13)8-5-7(6-10-8)16(14,15)11-3-1-2-4-11/h5-6,10H,1-4H2,(H,12,13). The van der Waals surface area contributed by atoms with Gasteiger partial charge in [0.2, 0.25) is 10.0 Å². The molecule has 0 amide bonds. The number of hydrogen-bond acceptors (Lipinski definition) is 3. The maximum atomic E-state index is 12.0. The fourth-order valence-corrected chi connectivity index (χ4v) is 3.24. The van der Waals surface area contributed by atoms with Gasteiger partial charge in [0.05, 0.1) is 0 Å². The molecule has 1 aromatic heterocycles. The van der Waals surface area contributed by atoms with Crippen molar-refractivity contribution in [1.82, 2.24) is 9.29 Å². The lowest BCUT2D eigenvalue weighted by atomic mass is 10.4. The fraction of sp³-hybridized carbons (Fsp3) is 0.444. The Hall–Kier alpha value is -1.34. The highest BCUT2D eigenvalue weighted by Gasteiger charge is 2.28. The number of sulfonamides is 1. The van der Waals surface area contributed by atoms with Crippen molar-refractivity contribution in [3.05, 3.63) is 18.0 Å². The molecule has 2 N–H and O–H groups in total. The molecule has 0 aromatic carbocycles. The van der Waals surface area contributed by atoms with Crippen LogP contribution in [0.1, 0.15) is 23.3 Å². The zero-order chi connectivity index (χ0) is 11.8. The smallest absolute Gasteiger partial charge is 0.352 e. The number of carboxylic acid groups (broad SMARTS) is 1. The molecule has 0 spiro atoms. The Morgan fingerprint density at radius 1 is 1.38 bits per heavy atom. The van der Waals surface area contributed by atoms with Gasteiger partial charge in [0, 0.05) is 19.3 Å². The number of nitrogens with zero attached hydrogens (tertiary/aromatic N) is 1. The molecule has 16 heavy (non-hydrogen) atoms. The monoisotopic (exact) mass is 244 g/mol. The first-order valence-corrected chi connectivity index (χ1v) is 6.37. The minimum atomic E-state index is -3.51. The molecule has 1 saturated heterocycles. The van der Waals surface area contributed by atoms with Gasteiger partial charge in [-0.1, -0.05) is 0 Å². The number of carboxylic acids is 1. The third kappa shape index (κ3) is 1.83. The second-order valence-electron chi connectivity index (χ2n) is 3.67. The third-order valence-electron chi connectivity index (χ3n) is 2.59. The molecule has 2 rings (SSSR count). The summed E-state index contributed by atoms with van der Waals surface area (Å²) in [6, 6.07) is 1.15. The minimum absolute atomic E-state index is 0.0202.